The van der Waals surface area contributed by atoms with Crippen LogP contribution in [0.15, 0.2) is 29.1 Å². The van der Waals surface area contributed by atoms with Gasteiger partial charge in [-0.05, 0) is 31.7 Å². The molecule has 0 atom stereocenters. The van der Waals surface area contributed by atoms with E-state index in [1.807, 2.05) is 13.8 Å². The Morgan fingerprint density at radius 3 is 2.10 bits per heavy atom. The van der Waals surface area contributed by atoms with E-state index in [4.69, 9.17) is 0 Å². The number of rotatable bonds is 2. The Balaban J connectivity index is 2.72. The largest absolute Gasteiger partial charge is 0.294 e. The molecule has 2 rings (SSSR count). The van der Waals surface area contributed by atoms with Gasteiger partial charge in [0.05, 0.1) is 5.69 Å². The van der Waals surface area contributed by atoms with Crippen molar-refractivity contribution in [1.82, 2.24) is 9.78 Å². The minimum atomic E-state index is -0.187. The maximum atomic E-state index is 12.6. The lowest BCUT2D eigenvalue weighted by Gasteiger charge is -2.17. The fraction of sp³-hybridized carbons (Fsp3) is 0.471. The first-order valence-corrected chi connectivity index (χ1v) is 7.14. The van der Waals surface area contributed by atoms with Gasteiger partial charge in [-0.15, -0.1) is 0 Å². The SMILES string of the molecule is Cc1ccc(-c2[nH]n(C(C)C)c(=O)c2C(C)(C)C)cc1. The predicted octanol–water partition coefficient (Wildman–Crippen LogP) is 4.03. The van der Waals surface area contributed by atoms with Gasteiger partial charge in [0.15, 0.2) is 0 Å². The summed E-state index contributed by atoms with van der Waals surface area (Å²) in [6.07, 6.45) is 0. The average molecular weight is 272 g/mol. The number of benzene rings is 1. The van der Waals surface area contributed by atoms with Gasteiger partial charge in [0.25, 0.3) is 5.56 Å². The van der Waals surface area contributed by atoms with Crippen LogP contribution in [-0.2, 0) is 5.41 Å². The molecule has 108 valence electrons. The van der Waals surface area contributed by atoms with Crippen LogP contribution in [0.1, 0.15) is 51.8 Å². The van der Waals surface area contributed by atoms with Crippen molar-refractivity contribution in [2.24, 2.45) is 0 Å². The lowest BCUT2D eigenvalue weighted by Crippen LogP contribution is -2.27. The number of nitrogens with zero attached hydrogens (tertiary/aromatic N) is 1. The second kappa shape index (κ2) is 4.97. The van der Waals surface area contributed by atoms with Gasteiger partial charge in [-0.25, -0.2) is 4.68 Å². The zero-order valence-corrected chi connectivity index (χ0v) is 13.2. The molecule has 3 heteroatoms. The van der Waals surface area contributed by atoms with Gasteiger partial charge in [0.1, 0.15) is 0 Å². The lowest BCUT2D eigenvalue weighted by atomic mass is 9.85. The normalized spacial score (nSPS) is 12.2. The molecule has 0 radical (unpaired) electrons. The predicted molar refractivity (Wildman–Crippen MR) is 84.3 cm³/mol. The topological polar surface area (TPSA) is 37.8 Å². The first-order valence-electron chi connectivity index (χ1n) is 7.14. The van der Waals surface area contributed by atoms with Crippen molar-refractivity contribution in [2.45, 2.75) is 53.0 Å². The highest BCUT2D eigenvalue weighted by Crippen LogP contribution is 2.30. The van der Waals surface area contributed by atoms with Crippen molar-refractivity contribution in [2.75, 3.05) is 0 Å². The Kier molecular flexibility index (Phi) is 3.63. The second-order valence-electron chi connectivity index (χ2n) is 6.75. The summed E-state index contributed by atoms with van der Waals surface area (Å²) in [5.74, 6) is 0. The zero-order valence-electron chi connectivity index (χ0n) is 13.2. The van der Waals surface area contributed by atoms with Gasteiger partial charge in [-0.1, -0.05) is 50.6 Å². The first-order chi connectivity index (χ1) is 9.21. The van der Waals surface area contributed by atoms with E-state index in [0.717, 1.165) is 16.8 Å². The van der Waals surface area contributed by atoms with Crippen LogP contribution in [0.5, 0.6) is 0 Å². The molecular formula is C17H24N2O. The molecule has 1 N–H and O–H groups in total. The van der Waals surface area contributed by atoms with E-state index in [-0.39, 0.29) is 17.0 Å². The number of hydrogen-bond acceptors (Lipinski definition) is 1. The van der Waals surface area contributed by atoms with E-state index in [9.17, 15) is 4.79 Å². The van der Waals surface area contributed by atoms with Crippen LogP contribution in [-0.4, -0.2) is 9.78 Å². The van der Waals surface area contributed by atoms with Crippen LogP contribution in [0.2, 0.25) is 0 Å². The highest BCUT2D eigenvalue weighted by molar-refractivity contribution is 5.64. The van der Waals surface area contributed by atoms with E-state index >= 15 is 0 Å². The van der Waals surface area contributed by atoms with Crippen molar-refractivity contribution in [1.29, 1.82) is 0 Å². The monoisotopic (exact) mass is 272 g/mol. The summed E-state index contributed by atoms with van der Waals surface area (Å²) in [5, 5.41) is 3.30. The van der Waals surface area contributed by atoms with Gasteiger partial charge in [0, 0.05) is 11.6 Å². The van der Waals surface area contributed by atoms with Crippen molar-refractivity contribution in [3.63, 3.8) is 0 Å². The molecule has 3 nitrogen and oxygen atoms in total. The molecule has 1 aromatic carbocycles. The smallest absolute Gasteiger partial charge is 0.271 e. The molecule has 1 heterocycles. The molecular weight excluding hydrogens is 248 g/mol. The molecule has 0 spiro atoms. The Morgan fingerprint density at radius 2 is 1.65 bits per heavy atom. The van der Waals surface area contributed by atoms with E-state index in [1.54, 1.807) is 4.68 Å². The van der Waals surface area contributed by atoms with E-state index < -0.39 is 0 Å². The molecule has 0 fully saturated rings. The van der Waals surface area contributed by atoms with E-state index in [0.29, 0.717) is 0 Å². The van der Waals surface area contributed by atoms with Gasteiger partial charge in [0.2, 0.25) is 0 Å². The molecule has 2 aromatic rings. The van der Waals surface area contributed by atoms with Gasteiger partial charge in [-0.2, -0.15) is 0 Å². The molecule has 20 heavy (non-hydrogen) atoms. The number of hydrogen-bond donors (Lipinski definition) is 1. The van der Waals surface area contributed by atoms with Gasteiger partial charge >= 0.3 is 0 Å². The third kappa shape index (κ3) is 2.58. The Bertz CT molecular complexity index is 652. The Morgan fingerprint density at radius 1 is 1.10 bits per heavy atom. The molecule has 0 bridgehead atoms. The van der Waals surface area contributed by atoms with Crippen molar-refractivity contribution in [3.05, 3.63) is 45.7 Å². The lowest BCUT2D eigenvalue weighted by molar-refractivity contribution is 0.510. The molecule has 0 aliphatic rings. The van der Waals surface area contributed by atoms with Gasteiger partial charge < -0.3 is 0 Å². The second-order valence-corrected chi connectivity index (χ2v) is 6.75. The number of H-pyrrole nitrogens is 1. The summed E-state index contributed by atoms with van der Waals surface area (Å²) >= 11 is 0. The maximum Gasteiger partial charge on any atom is 0.271 e. The summed E-state index contributed by atoms with van der Waals surface area (Å²) in [4.78, 5) is 12.6. The van der Waals surface area contributed by atoms with Crippen LogP contribution >= 0.6 is 0 Å². The van der Waals surface area contributed by atoms with Crippen LogP contribution in [0.3, 0.4) is 0 Å². The summed E-state index contributed by atoms with van der Waals surface area (Å²) in [6, 6.07) is 8.42. The summed E-state index contributed by atoms with van der Waals surface area (Å²) in [6.45, 7) is 12.3. The van der Waals surface area contributed by atoms with E-state index in [1.165, 1.54) is 5.56 Å². The van der Waals surface area contributed by atoms with Crippen LogP contribution in [0.4, 0.5) is 0 Å². The zero-order chi connectivity index (χ0) is 15.1. The number of aromatic nitrogens is 2. The van der Waals surface area contributed by atoms with Crippen LogP contribution in [0, 0.1) is 6.92 Å². The molecule has 0 aliphatic carbocycles. The van der Waals surface area contributed by atoms with Crippen molar-refractivity contribution in [3.8, 4) is 11.3 Å². The number of nitrogens with one attached hydrogen (secondary N) is 1. The number of aromatic amines is 1. The fourth-order valence-electron chi connectivity index (χ4n) is 2.44. The fourth-order valence-corrected chi connectivity index (χ4v) is 2.44. The average Bonchev–Trinajstić information content (AvgIpc) is 2.67. The molecule has 0 saturated heterocycles. The quantitative estimate of drug-likeness (QED) is 0.880. The minimum Gasteiger partial charge on any atom is -0.294 e. The molecule has 1 aromatic heterocycles. The highest BCUT2D eigenvalue weighted by Gasteiger charge is 2.27. The minimum absolute atomic E-state index is 0.0862. The third-order valence-electron chi connectivity index (χ3n) is 3.52. The van der Waals surface area contributed by atoms with Crippen molar-refractivity contribution >= 4 is 0 Å². The van der Waals surface area contributed by atoms with Crippen LogP contribution < -0.4 is 5.56 Å². The Labute approximate surface area is 120 Å². The molecule has 0 saturated carbocycles. The van der Waals surface area contributed by atoms with Crippen molar-refractivity contribution < 1.29 is 0 Å². The highest BCUT2D eigenvalue weighted by atomic mass is 16.1. The molecule has 0 amide bonds. The Hall–Kier alpha value is -1.77. The summed E-state index contributed by atoms with van der Waals surface area (Å²) in [7, 11) is 0. The first kappa shape index (κ1) is 14.6. The summed E-state index contributed by atoms with van der Waals surface area (Å²) in [5.41, 5.74) is 3.98. The van der Waals surface area contributed by atoms with Crippen LogP contribution in [0.25, 0.3) is 11.3 Å². The maximum absolute atomic E-state index is 12.6. The third-order valence-corrected chi connectivity index (χ3v) is 3.52. The van der Waals surface area contributed by atoms with Gasteiger partial charge in [-0.3, -0.25) is 9.89 Å². The number of aryl methyl sites for hydroxylation is 1. The molecule has 0 aliphatic heterocycles. The van der Waals surface area contributed by atoms with E-state index in [2.05, 4.69) is 57.1 Å². The molecule has 0 unspecified atom stereocenters. The summed E-state index contributed by atoms with van der Waals surface area (Å²) < 4.78 is 1.72. The standard InChI is InChI=1S/C17H24N2O/c1-11(2)19-16(20)14(17(4,5)6)15(18-19)13-9-7-12(3)8-10-13/h7-11,18H,1-6H3.